The first kappa shape index (κ1) is 17.0. The number of nitrogens with one attached hydrogen (secondary N) is 3. The van der Waals surface area contributed by atoms with Crippen LogP contribution in [0.1, 0.15) is 24.5 Å². The number of amides is 3. The number of urea groups is 1. The molecule has 0 fully saturated rings. The van der Waals surface area contributed by atoms with Crippen LogP contribution in [0.4, 0.5) is 20.6 Å². The van der Waals surface area contributed by atoms with Crippen LogP contribution in [0.5, 0.6) is 0 Å². The van der Waals surface area contributed by atoms with Gasteiger partial charge in [0.2, 0.25) is 5.91 Å². The van der Waals surface area contributed by atoms with Crippen LogP contribution in [0, 0.1) is 5.82 Å². The van der Waals surface area contributed by atoms with Crippen molar-refractivity contribution in [2.45, 2.75) is 32.2 Å². The van der Waals surface area contributed by atoms with Crippen LogP contribution >= 0.6 is 0 Å². The maximum Gasteiger partial charge on any atom is 0.319 e. The predicted molar refractivity (Wildman–Crippen MR) is 95.1 cm³/mol. The topological polar surface area (TPSA) is 70.2 Å². The van der Waals surface area contributed by atoms with Crippen molar-refractivity contribution < 1.29 is 14.0 Å². The van der Waals surface area contributed by atoms with E-state index in [0.29, 0.717) is 5.69 Å². The van der Waals surface area contributed by atoms with Crippen molar-refractivity contribution in [1.82, 2.24) is 5.32 Å². The highest BCUT2D eigenvalue weighted by Gasteiger charge is 2.20. The van der Waals surface area contributed by atoms with Gasteiger partial charge in [-0.1, -0.05) is 24.3 Å². The quantitative estimate of drug-likeness (QED) is 0.800. The van der Waals surface area contributed by atoms with Gasteiger partial charge < -0.3 is 16.0 Å². The SMILES string of the molecule is CC(=O)Nc1ccc(F)c(NC(=O)NC2CCc3ccccc3C2)c1. The minimum atomic E-state index is -0.557. The van der Waals surface area contributed by atoms with E-state index in [1.165, 1.54) is 36.2 Å². The summed E-state index contributed by atoms with van der Waals surface area (Å²) in [6.07, 6.45) is 2.52. The smallest absolute Gasteiger partial charge is 0.319 e. The van der Waals surface area contributed by atoms with E-state index < -0.39 is 11.8 Å². The summed E-state index contributed by atoms with van der Waals surface area (Å²) in [6, 6.07) is 11.8. The number of aryl methyl sites for hydroxylation is 1. The Morgan fingerprint density at radius 1 is 1.08 bits per heavy atom. The average molecular weight is 341 g/mol. The highest BCUT2D eigenvalue weighted by Crippen LogP contribution is 2.22. The van der Waals surface area contributed by atoms with Crippen molar-refractivity contribution in [2.75, 3.05) is 10.6 Å². The Bertz CT molecular complexity index is 807. The van der Waals surface area contributed by atoms with Crippen LogP contribution in [0.3, 0.4) is 0 Å². The molecule has 3 rings (SSSR count). The van der Waals surface area contributed by atoms with Gasteiger partial charge in [-0.3, -0.25) is 4.79 Å². The monoisotopic (exact) mass is 341 g/mol. The number of rotatable bonds is 3. The largest absolute Gasteiger partial charge is 0.335 e. The van der Waals surface area contributed by atoms with Crippen molar-refractivity contribution in [3.8, 4) is 0 Å². The molecule has 1 unspecified atom stereocenters. The van der Waals surface area contributed by atoms with Gasteiger partial charge in [0.15, 0.2) is 0 Å². The first-order chi connectivity index (χ1) is 12.0. The fourth-order valence-electron chi connectivity index (χ4n) is 3.07. The highest BCUT2D eigenvalue weighted by molar-refractivity contribution is 5.92. The van der Waals surface area contributed by atoms with Crippen molar-refractivity contribution in [3.05, 3.63) is 59.4 Å². The molecule has 3 N–H and O–H groups in total. The second kappa shape index (κ2) is 7.34. The molecule has 3 amide bonds. The molecular weight excluding hydrogens is 321 g/mol. The first-order valence-electron chi connectivity index (χ1n) is 8.22. The van der Waals surface area contributed by atoms with E-state index in [-0.39, 0.29) is 17.6 Å². The lowest BCUT2D eigenvalue weighted by molar-refractivity contribution is -0.114. The van der Waals surface area contributed by atoms with E-state index in [9.17, 15) is 14.0 Å². The fourth-order valence-corrected chi connectivity index (χ4v) is 3.07. The molecule has 0 heterocycles. The van der Waals surface area contributed by atoms with Gasteiger partial charge in [-0.25, -0.2) is 9.18 Å². The van der Waals surface area contributed by atoms with Gasteiger partial charge in [0, 0.05) is 18.7 Å². The molecule has 25 heavy (non-hydrogen) atoms. The number of benzene rings is 2. The molecule has 1 aliphatic rings. The predicted octanol–water partition coefficient (Wildman–Crippen LogP) is 3.46. The lowest BCUT2D eigenvalue weighted by Crippen LogP contribution is -2.41. The number of fused-ring (bicyclic) bond motifs is 1. The highest BCUT2D eigenvalue weighted by atomic mass is 19.1. The lowest BCUT2D eigenvalue weighted by Gasteiger charge is -2.25. The first-order valence-corrected chi connectivity index (χ1v) is 8.22. The van der Waals surface area contributed by atoms with E-state index in [1.54, 1.807) is 0 Å². The Hall–Kier alpha value is -2.89. The number of hydrogen-bond donors (Lipinski definition) is 3. The summed E-state index contributed by atoms with van der Waals surface area (Å²) in [7, 11) is 0. The van der Waals surface area contributed by atoms with Crippen molar-refractivity contribution >= 4 is 23.3 Å². The minimum absolute atomic E-state index is 0.0106. The van der Waals surface area contributed by atoms with Gasteiger partial charge in [0.25, 0.3) is 0 Å². The molecule has 0 saturated carbocycles. The summed E-state index contributed by atoms with van der Waals surface area (Å²) in [5.41, 5.74) is 3.00. The van der Waals surface area contributed by atoms with E-state index in [4.69, 9.17) is 0 Å². The van der Waals surface area contributed by atoms with Crippen molar-refractivity contribution in [3.63, 3.8) is 0 Å². The van der Waals surface area contributed by atoms with Gasteiger partial charge >= 0.3 is 6.03 Å². The molecule has 6 heteroatoms. The standard InChI is InChI=1S/C19H20FN3O2/c1-12(24)21-16-8-9-17(20)18(11-16)23-19(25)22-15-7-6-13-4-2-3-5-14(13)10-15/h2-5,8-9,11,15H,6-7,10H2,1H3,(H,21,24)(H2,22,23,25). The number of anilines is 2. The van der Waals surface area contributed by atoms with Crippen LogP contribution < -0.4 is 16.0 Å². The Balaban J connectivity index is 1.62. The van der Waals surface area contributed by atoms with Gasteiger partial charge in [0.1, 0.15) is 5.82 Å². The molecule has 1 aliphatic carbocycles. The van der Waals surface area contributed by atoms with Crippen LogP contribution in [-0.2, 0) is 17.6 Å². The van der Waals surface area contributed by atoms with Crippen LogP contribution in [0.15, 0.2) is 42.5 Å². The number of hydrogen-bond acceptors (Lipinski definition) is 2. The molecule has 0 aliphatic heterocycles. The summed E-state index contributed by atoms with van der Waals surface area (Å²) >= 11 is 0. The normalized spacial score (nSPS) is 15.8. The second-order valence-corrected chi connectivity index (χ2v) is 6.18. The molecule has 1 atom stereocenters. The van der Waals surface area contributed by atoms with Crippen LogP contribution in [0.2, 0.25) is 0 Å². The Morgan fingerprint density at radius 2 is 1.84 bits per heavy atom. The van der Waals surface area contributed by atoms with Gasteiger partial charge in [0.05, 0.1) is 5.69 Å². The molecule has 2 aromatic rings. The van der Waals surface area contributed by atoms with Crippen molar-refractivity contribution in [2.24, 2.45) is 0 Å². The van der Waals surface area contributed by atoms with E-state index in [0.717, 1.165) is 19.3 Å². The van der Waals surface area contributed by atoms with E-state index in [2.05, 4.69) is 28.1 Å². The molecule has 130 valence electrons. The second-order valence-electron chi connectivity index (χ2n) is 6.18. The summed E-state index contributed by atoms with van der Waals surface area (Å²) in [6.45, 7) is 1.37. The fraction of sp³-hybridized carbons (Fsp3) is 0.263. The Labute approximate surface area is 145 Å². The molecule has 0 saturated heterocycles. The van der Waals surface area contributed by atoms with Gasteiger partial charge in [-0.2, -0.15) is 0 Å². The zero-order valence-electron chi connectivity index (χ0n) is 13.9. The number of halogens is 1. The molecule has 0 spiro atoms. The lowest BCUT2D eigenvalue weighted by atomic mass is 9.88. The third-order valence-corrected chi connectivity index (χ3v) is 4.22. The zero-order valence-corrected chi connectivity index (χ0v) is 13.9. The van der Waals surface area contributed by atoms with Gasteiger partial charge in [-0.15, -0.1) is 0 Å². The van der Waals surface area contributed by atoms with Crippen LogP contribution in [0.25, 0.3) is 0 Å². The number of carbonyl (C=O) groups is 2. The summed E-state index contributed by atoms with van der Waals surface area (Å²) < 4.78 is 13.9. The van der Waals surface area contributed by atoms with E-state index in [1.807, 2.05) is 12.1 Å². The summed E-state index contributed by atoms with van der Waals surface area (Å²) in [5, 5.41) is 7.97. The Kier molecular flexibility index (Phi) is 4.97. The zero-order chi connectivity index (χ0) is 17.8. The van der Waals surface area contributed by atoms with Gasteiger partial charge in [-0.05, 0) is 48.6 Å². The molecule has 0 bridgehead atoms. The Morgan fingerprint density at radius 3 is 2.60 bits per heavy atom. The minimum Gasteiger partial charge on any atom is -0.335 e. The van der Waals surface area contributed by atoms with Crippen molar-refractivity contribution in [1.29, 1.82) is 0 Å². The maximum absolute atomic E-state index is 13.9. The molecule has 2 aromatic carbocycles. The molecular formula is C19H20FN3O2. The average Bonchev–Trinajstić information content (AvgIpc) is 2.57. The molecule has 0 aromatic heterocycles. The molecule has 5 nitrogen and oxygen atoms in total. The summed E-state index contributed by atoms with van der Waals surface area (Å²) in [4.78, 5) is 23.3. The third kappa shape index (κ3) is 4.35. The molecule has 0 radical (unpaired) electrons. The van der Waals surface area contributed by atoms with E-state index >= 15 is 0 Å². The third-order valence-electron chi connectivity index (χ3n) is 4.22. The maximum atomic E-state index is 13.9. The number of carbonyl (C=O) groups excluding carboxylic acids is 2. The van der Waals surface area contributed by atoms with Crippen LogP contribution in [-0.4, -0.2) is 18.0 Å². The summed E-state index contributed by atoms with van der Waals surface area (Å²) in [5.74, 6) is -0.818.